The Morgan fingerprint density at radius 3 is 2.52 bits per heavy atom. The molecular weight excluding hydrogens is 558 g/mol. The quantitative estimate of drug-likeness (QED) is 0.254. The SMILES string of the molecule is COc1cc(Cl)c(Oc2cc(NCc3nc4ccccc4[nH]3)nc(N3CCC(CN4CCCC4=O)CC3)n2)cc1OC. The number of para-hydroxylation sites is 2. The Hall–Kier alpha value is -4.25. The highest BCUT2D eigenvalue weighted by Gasteiger charge is 2.27. The molecule has 2 saturated heterocycles. The van der Waals surface area contributed by atoms with Crippen LogP contribution in [0.25, 0.3) is 11.0 Å². The third-order valence-electron chi connectivity index (χ3n) is 7.77. The van der Waals surface area contributed by atoms with Crippen LogP contribution in [0, 0.1) is 5.92 Å². The van der Waals surface area contributed by atoms with Crippen LogP contribution in [0.1, 0.15) is 31.5 Å². The van der Waals surface area contributed by atoms with Gasteiger partial charge in [0.05, 0.1) is 36.8 Å². The Bertz CT molecular complexity index is 1540. The van der Waals surface area contributed by atoms with Crippen molar-refractivity contribution in [1.82, 2.24) is 24.8 Å². The number of likely N-dealkylation sites (tertiary alicyclic amines) is 1. The molecule has 11 nitrogen and oxygen atoms in total. The molecule has 2 fully saturated rings. The number of amides is 1. The maximum atomic E-state index is 12.1. The molecule has 12 heteroatoms. The number of aromatic amines is 1. The molecule has 2 aliphatic heterocycles. The number of hydrogen-bond donors (Lipinski definition) is 2. The van der Waals surface area contributed by atoms with Gasteiger partial charge in [-0.25, -0.2) is 4.98 Å². The van der Waals surface area contributed by atoms with Crippen LogP contribution in [-0.4, -0.2) is 71.1 Å². The summed E-state index contributed by atoms with van der Waals surface area (Å²) in [4.78, 5) is 33.9. The third-order valence-corrected chi connectivity index (χ3v) is 8.06. The molecule has 2 N–H and O–H groups in total. The highest BCUT2D eigenvalue weighted by molar-refractivity contribution is 6.32. The van der Waals surface area contributed by atoms with E-state index in [1.54, 1.807) is 32.4 Å². The van der Waals surface area contributed by atoms with Crippen molar-refractivity contribution in [2.75, 3.05) is 50.6 Å². The largest absolute Gasteiger partial charge is 0.493 e. The molecule has 0 radical (unpaired) electrons. The Morgan fingerprint density at radius 1 is 1.00 bits per heavy atom. The van der Waals surface area contributed by atoms with Crippen molar-refractivity contribution in [1.29, 1.82) is 0 Å². The second kappa shape index (κ2) is 12.3. The number of nitrogens with zero attached hydrogens (tertiary/aromatic N) is 5. The number of fused-ring (bicyclic) bond motifs is 1. The summed E-state index contributed by atoms with van der Waals surface area (Å²) in [6.07, 6.45) is 3.56. The Morgan fingerprint density at radius 2 is 1.79 bits per heavy atom. The molecule has 0 bridgehead atoms. The summed E-state index contributed by atoms with van der Waals surface area (Å²) in [5.41, 5.74) is 1.88. The molecule has 2 aromatic heterocycles. The number of carbonyl (C=O) groups is 1. The highest BCUT2D eigenvalue weighted by atomic mass is 35.5. The van der Waals surface area contributed by atoms with Gasteiger partial charge >= 0.3 is 0 Å². The van der Waals surface area contributed by atoms with E-state index in [-0.39, 0.29) is 5.91 Å². The molecule has 0 aliphatic carbocycles. The minimum Gasteiger partial charge on any atom is -0.493 e. The van der Waals surface area contributed by atoms with Crippen molar-refractivity contribution < 1.29 is 19.0 Å². The second-order valence-corrected chi connectivity index (χ2v) is 11.0. The molecule has 0 saturated carbocycles. The standard InChI is InChI=1S/C30H34ClN7O4/c1-40-24-14-20(31)23(15-25(24)41-2)42-28-16-26(32-17-27-33-21-6-3-4-7-22(21)34-27)35-30(36-28)37-12-9-19(10-13-37)18-38-11-5-8-29(38)39/h3-4,6-7,14-16,19H,5,8-13,17-18H2,1-2H3,(H,33,34)(H,32,35,36). The molecule has 0 unspecified atom stereocenters. The normalized spacial score (nSPS) is 15.8. The van der Waals surface area contributed by atoms with Crippen molar-refractivity contribution in [2.45, 2.75) is 32.2 Å². The zero-order valence-electron chi connectivity index (χ0n) is 23.7. The fourth-order valence-electron chi connectivity index (χ4n) is 5.51. The molecular formula is C30H34ClN7O4. The molecule has 0 atom stereocenters. The van der Waals surface area contributed by atoms with Gasteiger partial charge < -0.3 is 34.3 Å². The number of H-pyrrole nitrogens is 1. The lowest BCUT2D eigenvalue weighted by Crippen LogP contribution is -2.39. The predicted molar refractivity (Wildman–Crippen MR) is 161 cm³/mol. The lowest BCUT2D eigenvalue weighted by atomic mass is 9.96. The van der Waals surface area contributed by atoms with Crippen LogP contribution >= 0.6 is 11.6 Å². The van der Waals surface area contributed by atoms with Gasteiger partial charge in [0.15, 0.2) is 17.2 Å². The number of hydrogen-bond acceptors (Lipinski definition) is 9. The zero-order chi connectivity index (χ0) is 29.1. The van der Waals surface area contributed by atoms with E-state index in [1.807, 2.05) is 29.2 Å². The van der Waals surface area contributed by atoms with Crippen LogP contribution < -0.4 is 24.4 Å². The van der Waals surface area contributed by atoms with E-state index >= 15 is 0 Å². The number of ether oxygens (including phenoxy) is 3. The fourth-order valence-corrected chi connectivity index (χ4v) is 5.70. The van der Waals surface area contributed by atoms with Crippen molar-refractivity contribution in [3.8, 4) is 23.1 Å². The van der Waals surface area contributed by atoms with Gasteiger partial charge in [-0.1, -0.05) is 23.7 Å². The molecule has 4 aromatic rings. The average Bonchev–Trinajstić information content (AvgIpc) is 3.62. The fraction of sp³-hybridized carbons (Fsp3) is 0.400. The molecule has 2 aromatic carbocycles. The van der Waals surface area contributed by atoms with E-state index in [9.17, 15) is 4.79 Å². The highest BCUT2D eigenvalue weighted by Crippen LogP contribution is 2.39. The van der Waals surface area contributed by atoms with Crippen LogP contribution in [0.2, 0.25) is 5.02 Å². The molecule has 220 valence electrons. The Labute approximate surface area is 249 Å². The summed E-state index contributed by atoms with van der Waals surface area (Å²) >= 11 is 6.52. The van der Waals surface area contributed by atoms with Crippen molar-refractivity contribution in [3.05, 3.63) is 53.3 Å². The summed E-state index contributed by atoms with van der Waals surface area (Å²) in [7, 11) is 3.11. The molecule has 1 amide bonds. The van der Waals surface area contributed by atoms with Crippen LogP contribution in [0.5, 0.6) is 23.1 Å². The number of halogens is 1. The monoisotopic (exact) mass is 591 g/mol. The Balaban J connectivity index is 1.22. The average molecular weight is 592 g/mol. The van der Waals surface area contributed by atoms with E-state index in [2.05, 4.69) is 20.2 Å². The number of nitrogens with one attached hydrogen (secondary N) is 2. The molecule has 2 aliphatic rings. The number of methoxy groups -OCH3 is 2. The summed E-state index contributed by atoms with van der Waals surface area (Å²) in [5, 5.41) is 3.73. The smallest absolute Gasteiger partial charge is 0.230 e. The predicted octanol–water partition coefficient (Wildman–Crippen LogP) is 5.27. The zero-order valence-corrected chi connectivity index (χ0v) is 24.5. The van der Waals surface area contributed by atoms with Gasteiger partial charge in [0.1, 0.15) is 11.6 Å². The number of anilines is 2. The number of carbonyl (C=O) groups excluding carboxylic acids is 1. The molecule has 6 rings (SSSR count). The summed E-state index contributed by atoms with van der Waals surface area (Å²) in [6.45, 7) is 3.72. The van der Waals surface area contributed by atoms with Gasteiger partial charge in [0, 0.05) is 50.8 Å². The Kier molecular flexibility index (Phi) is 8.18. The lowest BCUT2D eigenvalue weighted by molar-refractivity contribution is -0.128. The van der Waals surface area contributed by atoms with Crippen molar-refractivity contribution >= 4 is 40.3 Å². The summed E-state index contributed by atoms with van der Waals surface area (Å²) in [6, 6.07) is 13.0. The molecule has 42 heavy (non-hydrogen) atoms. The summed E-state index contributed by atoms with van der Waals surface area (Å²) < 4.78 is 17.0. The number of imidazole rings is 1. The first-order chi connectivity index (χ1) is 20.5. The number of piperidine rings is 1. The van der Waals surface area contributed by atoms with E-state index in [4.69, 9.17) is 35.8 Å². The van der Waals surface area contributed by atoms with Gasteiger partial charge in [-0.15, -0.1) is 0 Å². The summed E-state index contributed by atoms with van der Waals surface area (Å²) in [5.74, 6) is 4.42. The van der Waals surface area contributed by atoms with E-state index < -0.39 is 0 Å². The van der Waals surface area contributed by atoms with Gasteiger partial charge in [-0.2, -0.15) is 9.97 Å². The van der Waals surface area contributed by atoms with Crippen molar-refractivity contribution in [3.63, 3.8) is 0 Å². The molecule has 0 spiro atoms. The maximum Gasteiger partial charge on any atom is 0.230 e. The van der Waals surface area contributed by atoms with E-state index in [0.717, 1.165) is 62.3 Å². The maximum absolute atomic E-state index is 12.1. The lowest BCUT2D eigenvalue weighted by Gasteiger charge is -2.34. The second-order valence-electron chi connectivity index (χ2n) is 10.6. The van der Waals surface area contributed by atoms with Crippen LogP contribution in [-0.2, 0) is 11.3 Å². The van der Waals surface area contributed by atoms with Gasteiger partial charge in [0.2, 0.25) is 17.7 Å². The van der Waals surface area contributed by atoms with Crippen molar-refractivity contribution in [2.24, 2.45) is 5.92 Å². The van der Waals surface area contributed by atoms with Crippen LogP contribution in [0.3, 0.4) is 0 Å². The first-order valence-corrected chi connectivity index (χ1v) is 14.6. The minimum atomic E-state index is 0.277. The van der Waals surface area contributed by atoms with Crippen LogP contribution in [0.15, 0.2) is 42.5 Å². The minimum absolute atomic E-state index is 0.277. The first-order valence-electron chi connectivity index (χ1n) is 14.2. The molecule has 4 heterocycles. The number of benzene rings is 2. The van der Waals surface area contributed by atoms with Gasteiger partial charge in [-0.3, -0.25) is 4.79 Å². The van der Waals surface area contributed by atoms with Gasteiger partial charge in [-0.05, 0) is 37.3 Å². The van der Waals surface area contributed by atoms with E-state index in [1.165, 1.54) is 0 Å². The topological polar surface area (TPSA) is 118 Å². The number of aromatic nitrogens is 4. The van der Waals surface area contributed by atoms with Gasteiger partial charge in [0.25, 0.3) is 0 Å². The van der Waals surface area contributed by atoms with E-state index in [0.29, 0.717) is 58.8 Å². The first kappa shape index (κ1) is 27.9. The third kappa shape index (κ3) is 6.15. The number of rotatable bonds is 10. The van der Waals surface area contributed by atoms with Crippen LogP contribution in [0.4, 0.5) is 11.8 Å².